The second-order valence-corrected chi connectivity index (χ2v) is 5.09. The first-order valence-electron chi connectivity index (χ1n) is 5.53. The lowest BCUT2D eigenvalue weighted by atomic mass is 10.2. The Balaban J connectivity index is 3.65. The highest BCUT2D eigenvalue weighted by Gasteiger charge is 2.11. The third-order valence-corrected chi connectivity index (χ3v) is 3.75. The molecule has 1 N–H and O–H groups in total. The van der Waals surface area contributed by atoms with Crippen LogP contribution in [0.2, 0.25) is 0 Å². The van der Waals surface area contributed by atoms with Crippen LogP contribution in [-0.4, -0.2) is 48.5 Å². The number of hydrogen-bond acceptors (Lipinski definition) is 3. The minimum absolute atomic E-state index is 0.0545. The molecule has 15 heavy (non-hydrogen) atoms. The van der Waals surface area contributed by atoms with E-state index in [9.17, 15) is 4.79 Å². The molecule has 0 aliphatic carbocycles. The van der Waals surface area contributed by atoms with Gasteiger partial charge in [-0.1, -0.05) is 6.92 Å². The lowest BCUT2D eigenvalue weighted by molar-refractivity contribution is -0.120. The van der Waals surface area contributed by atoms with Crippen molar-refractivity contribution in [2.24, 2.45) is 0 Å². The van der Waals surface area contributed by atoms with Gasteiger partial charge in [0.15, 0.2) is 0 Å². The van der Waals surface area contributed by atoms with E-state index in [1.165, 1.54) is 0 Å². The zero-order chi connectivity index (χ0) is 11.8. The van der Waals surface area contributed by atoms with Crippen LogP contribution in [0.25, 0.3) is 0 Å². The number of rotatable bonds is 7. The molecule has 0 saturated heterocycles. The van der Waals surface area contributed by atoms with E-state index in [4.69, 9.17) is 0 Å². The summed E-state index contributed by atoms with van der Waals surface area (Å²) in [5, 5.41) is 3.00. The zero-order valence-electron chi connectivity index (χ0n) is 10.5. The summed E-state index contributed by atoms with van der Waals surface area (Å²) in [7, 11) is 2.10. The number of nitrogens with one attached hydrogen (secondary N) is 1. The van der Waals surface area contributed by atoms with Crippen molar-refractivity contribution >= 4 is 17.7 Å². The second kappa shape index (κ2) is 7.99. The highest BCUT2D eigenvalue weighted by molar-refractivity contribution is 7.99. The van der Waals surface area contributed by atoms with Crippen LogP contribution < -0.4 is 5.32 Å². The topological polar surface area (TPSA) is 32.3 Å². The van der Waals surface area contributed by atoms with Gasteiger partial charge < -0.3 is 10.2 Å². The van der Waals surface area contributed by atoms with Crippen molar-refractivity contribution in [1.82, 2.24) is 10.2 Å². The van der Waals surface area contributed by atoms with Gasteiger partial charge in [-0.05, 0) is 33.6 Å². The van der Waals surface area contributed by atoms with Gasteiger partial charge in [-0.2, -0.15) is 11.8 Å². The van der Waals surface area contributed by atoms with Crippen LogP contribution in [0, 0.1) is 0 Å². The van der Waals surface area contributed by atoms with E-state index in [-0.39, 0.29) is 11.2 Å². The summed E-state index contributed by atoms with van der Waals surface area (Å²) in [6.07, 6.45) is 3.10. The van der Waals surface area contributed by atoms with E-state index in [1.807, 2.05) is 13.2 Å². The van der Waals surface area contributed by atoms with Crippen LogP contribution in [0.4, 0.5) is 0 Å². The molecule has 0 saturated carbocycles. The molecule has 2 atom stereocenters. The Bertz CT molecular complexity index is 187. The molecular formula is C11H24N2OS. The van der Waals surface area contributed by atoms with Crippen LogP contribution in [0.5, 0.6) is 0 Å². The van der Waals surface area contributed by atoms with Gasteiger partial charge in [-0.25, -0.2) is 0 Å². The fraction of sp³-hybridized carbons (Fsp3) is 0.909. The first-order valence-corrected chi connectivity index (χ1v) is 6.82. The molecule has 0 aromatic rings. The van der Waals surface area contributed by atoms with E-state index in [2.05, 4.69) is 31.1 Å². The van der Waals surface area contributed by atoms with Crippen LogP contribution in [0.3, 0.4) is 0 Å². The molecule has 0 aliphatic heterocycles. The normalized spacial score (nSPS) is 15.1. The average molecular weight is 232 g/mol. The number of thioether (sulfide) groups is 1. The molecule has 3 nitrogen and oxygen atoms in total. The van der Waals surface area contributed by atoms with Gasteiger partial charge in [0.1, 0.15) is 0 Å². The van der Waals surface area contributed by atoms with Gasteiger partial charge >= 0.3 is 0 Å². The number of carbonyl (C=O) groups excluding carboxylic acids is 1. The average Bonchev–Trinajstić information content (AvgIpc) is 2.26. The van der Waals surface area contributed by atoms with Gasteiger partial charge in [-0.15, -0.1) is 0 Å². The highest BCUT2D eigenvalue weighted by atomic mass is 32.2. The lowest BCUT2D eigenvalue weighted by Crippen LogP contribution is -2.39. The Morgan fingerprint density at radius 3 is 2.53 bits per heavy atom. The fourth-order valence-electron chi connectivity index (χ4n) is 1.14. The summed E-state index contributed by atoms with van der Waals surface area (Å²) < 4.78 is 0. The van der Waals surface area contributed by atoms with Crippen molar-refractivity contribution < 1.29 is 4.79 Å². The zero-order valence-corrected chi connectivity index (χ0v) is 11.4. The lowest BCUT2D eigenvalue weighted by Gasteiger charge is -2.23. The number of likely N-dealkylation sites (N-methyl/N-ethyl adjacent to an activating group) is 1. The largest absolute Gasteiger partial charge is 0.354 e. The standard InChI is InChI=1S/C11H24N2OS/c1-6-9(2)13(4)8-7-12-11(14)10(3)15-5/h9-10H,6-8H2,1-5H3,(H,12,14)/t9-,10-/m0/s1. The molecule has 90 valence electrons. The van der Waals surface area contributed by atoms with E-state index in [1.54, 1.807) is 11.8 Å². The van der Waals surface area contributed by atoms with Crippen molar-refractivity contribution in [3.05, 3.63) is 0 Å². The maximum Gasteiger partial charge on any atom is 0.232 e. The maximum atomic E-state index is 11.4. The molecule has 0 radical (unpaired) electrons. The van der Waals surface area contributed by atoms with Crippen molar-refractivity contribution in [1.29, 1.82) is 0 Å². The summed E-state index contributed by atoms with van der Waals surface area (Å²) in [5.74, 6) is 0.139. The van der Waals surface area contributed by atoms with E-state index >= 15 is 0 Å². The van der Waals surface area contributed by atoms with Gasteiger partial charge in [0.2, 0.25) is 5.91 Å². The minimum atomic E-state index is 0.0545. The Morgan fingerprint density at radius 1 is 1.47 bits per heavy atom. The molecule has 1 amide bonds. The molecule has 0 fully saturated rings. The maximum absolute atomic E-state index is 11.4. The Labute approximate surface area is 98.0 Å². The molecule has 0 aliphatic rings. The van der Waals surface area contributed by atoms with Gasteiger partial charge in [-0.3, -0.25) is 4.79 Å². The van der Waals surface area contributed by atoms with Crippen molar-refractivity contribution in [2.45, 2.75) is 38.5 Å². The molecule has 0 bridgehead atoms. The van der Waals surface area contributed by atoms with Crippen LogP contribution in [0.15, 0.2) is 0 Å². The van der Waals surface area contributed by atoms with Gasteiger partial charge in [0.05, 0.1) is 5.25 Å². The van der Waals surface area contributed by atoms with E-state index < -0.39 is 0 Å². The predicted molar refractivity (Wildman–Crippen MR) is 68.4 cm³/mol. The van der Waals surface area contributed by atoms with Crippen LogP contribution >= 0.6 is 11.8 Å². The Kier molecular flexibility index (Phi) is 7.88. The van der Waals surface area contributed by atoms with Gasteiger partial charge in [0.25, 0.3) is 0 Å². The van der Waals surface area contributed by atoms with E-state index in [0.29, 0.717) is 6.04 Å². The van der Waals surface area contributed by atoms with E-state index in [0.717, 1.165) is 19.5 Å². The molecule has 0 heterocycles. The Hall–Kier alpha value is -0.220. The van der Waals surface area contributed by atoms with Crippen LogP contribution in [-0.2, 0) is 4.79 Å². The van der Waals surface area contributed by atoms with Crippen molar-refractivity contribution in [3.63, 3.8) is 0 Å². The van der Waals surface area contributed by atoms with Gasteiger partial charge in [0, 0.05) is 19.1 Å². The summed E-state index contributed by atoms with van der Waals surface area (Å²) in [6, 6.07) is 0.583. The molecule has 0 spiro atoms. The third-order valence-electron chi connectivity index (χ3n) is 2.83. The number of hydrogen-bond donors (Lipinski definition) is 1. The molecule has 0 rings (SSSR count). The Morgan fingerprint density at radius 2 is 2.07 bits per heavy atom. The smallest absolute Gasteiger partial charge is 0.232 e. The summed E-state index contributed by atoms with van der Waals surface area (Å²) in [6.45, 7) is 7.96. The summed E-state index contributed by atoms with van der Waals surface area (Å²) in [4.78, 5) is 13.7. The number of carbonyl (C=O) groups is 1. The number of amides is 1. The molecular weight excluding hydrogens is 208 g/mol. The summed E-state index contributed by atoms with van der Waals surface area (Å²) in [5.41, 5.74) is 0. The minimum Gasteiger partial charge on any atom is -0.354 e. The predicted octanol–water partition coefficient (Wildman–Crippen LogP) is 1.58. The van der Waals surface area contributed by atoms with Crippen molar-refractivity contribution in [3.8, 4) is 0 Å². The number of nitrogens with zero attached hydrogens (tertiary/aromatic N) is 1. The third kappa shape index (κ3) is 6.05. The van der Waals surface area contributed by atoms with Crippen molar-refractivity contribution in [2.75, 3.05) is 26.4 Å². The highest BCUT2D eigenvalue weighted by Crippen LogP contribution is 2.04. The summed E-state index contributed by atoms with van der Waals surface area (Å²) >= 11 is 1.58. The molecule has 0 aromatic carbocycles. The second-order valence-electron chi connectivity index (χ2n) is 3.91. The monoisotopic (exact) mass is 232 g/mol. The first-order chi connectivity index (χ1) is 7.02. The SMILES string of the molecule is CC[C@H](C)N(C)CCNC(=O)[C@H](C)SC. The molecule has 0 unspecified atom stereocenters. The van der Waals surface area contributed by atoms with Crippen LogP contribution in [0.1, 0.15) is 27.2 Å². The first kappa shape index (κ1) is 14.8. The molecule has 0 aromatic heterocycles. The quantitative estimate of drug-likeness (QED) is 0.723. The fourth-order valence-corrected chi connectivity index (χ4v) is 1.44. The molecule has 4 heteroatoms.